The highest BCUT2D eigenvalue weighted by Crippen LogP contribution is 2.22. The van der Waals surface area contributed by atoms with Crippen LogP contribution in [-0.2, 0) is 0 Å². The first-order valence-electron chi connectivity index (χ1n) is 5.62. The van der Waals surface area contributed by atoms with Gasteiger partial charge in [-0.2, -0.15) is 0 Å². The Kier molecular flexibility index (Phi) is 3.65. The molecule has 0 spiro atoms. The third-order valence-corrected chi connectivity index (χ3v) is 2.75. The van der Waals surface area contributed by atoms with Gasteiger partial charge in [-0.25, -0.2) is 13.2 Å². The van der Waals surface area contributed by atoms with E-state index >= 15 is 0 Å². The SMILES string of the molecule is CN(C(=O)c1cc(F)c(F)c(F)c1)c1cccc(O)c1. The molecule has 20 heavy (non-hydrogen) atoms. The average molecular weight is 281 g/mol. The van der Waals surface area contributed by atoms with E-state index in [2.05, 4.69) is 0 Å². The van der Waals surface area contributed by atoms with Gasteiger partial charge in [-0.05, 0) is 24.3 Å². The van der Waals surface area contributed by atoms with E-state index in [9.17, 15) is 23.1 Å². The zero-order valence-corrected chi connectivity index (χ0v) is 10.4. The van der Waals surface area contributed by atoms with E-state index in [0.29, 0.717) is 17.8 Å². The molecule has 6 heteroatoms. The summed E-state index contributed by atoms with van der Waals surface area (Å²) in [6, 6.07) is 7.03. The van der Waals surface area contributed by atoms with E-state index in [4.69, 9.17) is 0 Å². The number of phenolic OH excluding ortho intramolecular Hbond substituents is 1. The molecule has 2 aromatic carbocycles. The van der Waals surface area contributed by atoms with E-state index < -0.39 is 23.4 Å². The lowest BCUT2D eigenvalue weighted by atomic mass is 10.1. The van der Waals surface area contributed by atoms with Gasteiger partial charge in [0, 0.05) is 24.4 Å². The van der Waals surface area contributed by atoms with E-state index in [1.807, 2.05) is 0 Å². The Hall–Kier alpha value is -2.50. The topological polar surface area (TPSA) is 40.5 Å². The molecule has 3 nitrogen and oxygen atoms in total. The summed E-state index contributed by atoms with van der Waals surface area (Å²) < 4.78 is 39.1. The fourth-order valence-electron chi connectivity index (χ4n) is 1.69. The third kappa shape index (κ3) is 2.59. The van der Waals surface area contributed by atoms with Crippen LogP contribution in [0.15, 0.2) is 36.4 Å². The second-order valence-corrected chi connectivity index (χ2v) is 4.14. The van der Waals surface area contributed by atoms with Gasteiger partial charge in [0.2, 0.25) is 0 Å². The number of carbonyl (C=O) groups excluding carboxylic acids is 1. The Labute approximate surface area is 112 Å². The number of benzene rings is 2. The van der Waals surface area contributed by atoms with Crippen LogP contribution in [0.3, 0.4) is 0 Å². The van der Waals surface area contributed by atoms with E-state index in [-0.39, 0.29) is 11.3 Å². The molecule has 0 aliphatic rings. The minimum absolute atomic E-state index is 0.0568. The van der Waals surface area contributed by atoms with Gasteiger partial charge in [-0.1, -0.05) is 6.07 Å². The lowest BCUT2D eigenvalue weighted by Gasteiger charge is -2.17. The minimum atomic E-state index is -1.62. The van der Waals surface area contributed by atoms with Crippen LogP contribution in [0.25, 0.3) is 0 Å². The molecule has 0 radical (unpaired) electrons. The minimum Gasteiger partial charge on any atom is -0.508 e. The van der Waals surface area contributed by atoms with Crippen LogP contribution >= 0.6 is 0 Å². The number of hydrogen-bond acceptors (Lipinski definition) is 2. The van der Waals surface area contributed by atoms with E-state index in [1.165, 1.54) is 31.3 Å². The van der Waals surface area contributed by atoms with Gasteiger partial charge in [0.1, 0.15) is 5.75 Å². The van der Waals surface area contributed by atoms with Crippen LogP contribution in [0.1, 0.15) is 10.4 Å². The molecule has 104 valence electrons. The fraction of sp³-hybridized carbons (Fsp3) is 0.0714. The van der Waals surface area contributed by atoms with Crippen LogP contribution in [-0.4, -0.2) is 18.1 Å². The molecule has 0 bridgehead atoms. The van der Waals surface area contributed by atoms with Gasteiger partial charge in [0.25, 0.3) is 5.91 Å². The van der Waals surface area contributed by atoms with Gasteiger partial charge < -0.3 is 10.0 Å². The van der Waals surface area contributed by atoms with Crippen molar-refractivity contribution in [3.63, 3.8) is 0 Å². The molecule has 0 atom stereocenters. The Morgan fingerprint density at radius 1 is 1.10 bits per heavy atom. The smallest absolute Gasteiger partial charge is 0.258 e. The molecule has 0 aromatic heterocycles. The number of halogens is 3. The van der Waals surface area contributed by atoms with Crippen molar-refractivity contribution in [2.24, 2.45) is 0 Å². The maximum Gasteiger partial charge on any atom is 0.258 e. The van der Waals surface area contributed by atoms with Crippen molar-refractivity contribution in [3.8, 4) is 5.75 Å². The lowest BCUT2D eigenvalue weighted by Crippen LogP contribution is -2.26. The van der Waals surface area contributed by atoms with Gasteiger partial charge in [-0.15, -0.1) is 0 Å². The van der Waals surface area contributed by atoms with Crippen LogP contribution in [0, 0.1) is 17.5 Å². The Balaban J connectivity index is 2.36. The first-order valence-corrected chi connectivity index (χ1v) is 5.62. The number of anilines is 1. The van der Waals surface area contributed by atoms with E-state index in [0.717, 1.165) is 4.90 Å². The summed E-state index contributed by atoms with van der Waals surface area (Å²) in [6.07, 6.45) is 0. The maximum absolute atomic E-state index is 13.1. The molecule has 2 rings (SSSR count). The number of phenols is 1. The monoisotopic (exact) mass is 281 g/mol. The zero-order chi connectivity index (χ0) is 14.9. The molecule has 2 aromatic rings. The van der Waals surface area contributed by atoms with Crippen molar-refractivity contribution in [2.75, 3.05) is 11.9 Å². The molecule has 0 saturated carbocycles. The fourth-order valence-corrected chi connectivity index (χ4v) is 1.69. The second-order valence-electron chi connectivity index (χ2n) is 4.14. The van der Waals surface area contributed by atoms with Crippen LogP contribution in [0.2, 0.25) is 0 Å². The summed E-state index contributed by atoms with van der Waals surface area (Å²) in [5, 5.41) is 9.33. The van der Waals surface area contributed by atoms with Gasteiger partial charge in [0.05, 0.1) is 0 Å². The van der Waals surface area contributed by atoms with Crippen LogP contribution < -0.4 is 4.90 Å². The summed E-state index contributed by atoms with van der Waals surface area (Å²) >= 11 is 0. The molecule has 0 fully saturated rings. The predicted octanol–water partition coefficient (Wildman–Crippen LogP) is 3.09. The molecule has 0 aliphatic carbocycles. The highest BCUT2D eigenvalue weighted by Gasteiger charge is 2.19. The van der Waals surface area contributed by atoms with Crippen molar-refractivity contribution >= 4 is 11.6 Å². The first kappa shape index (κ1) is 13.9. The van der Waals surface area contributed by atoms with Crippen molar-refractivity contribution in [1.29, 1.82) is 0 Å². The first-order chi connectivity index (χ1) is 9.40. The quantitative estimate of drug-likeness (QED) is 0.859. The number of carbonyl (C=O) groups is 1. The summed E-state index contributed by atoms with van der Waals surface area (Å²) in [4.78, 5) is 13.1. The summed E-state index contributed by atoms with van der Waals surface area (Å²) in [7, 11) is 1.37. The maximum atomic E-state index is 13.1. The van der Waals surface area contributed by atoms with Crippen molar-refractivity contribution in [3.05, 3.63) is 59.4 Å². The summed E-state index contributed by atoms with van der Waals surface area (Å²) in [6.45, 7) is 0. The number of hydrogen-bond donors (Lipinski definition) is 1. The Bertz CT molecular complexity index is 650. The number of amides is 1. The average Bonchev–Trinajstić information content (AvgIpc) is 2.42. The highest BCUT2D eigenvalue weighted by atomic mass is 19.2. The number of aromatic hydroxyl groups is 1. The molecular weight excluding hydrogens is 271 g/mol. The van der Waals surface area contributed by atoms with Gasteiger partial charge in [-0.3, -0.25) is 4.79 Å². The molecule has 1 amide bonds. The van der Waals surface area contributed by atoms with E-state index in [1.54, 1.807) is 0 Å². The van der Waals surface area contributed by atoms with Crippen molar-refractivity contribution in [1.82, 2.24) is 0 Å². The van der Waals surface area contributed by atoms with Crippen molar-refractivity contribution in [2.45, 2.75) is 0 Å². The summed E-state index contributed by atoms with van der Waals surface area (Å²) in [5.41, 5.74) is 0.00684. The van der Waals surface area contributed by atoms with Crippen LogP contribution in [0.4, 0.5) is 18.9 Å². The van der Waals surface area contributed by atoms with Crippen LogP contribution in [0.5, 0.6) is 5.75 Å². The normalized spacial score (nSPS) is 10.4. The Morgan fingerprint density at radius 3 is 2.25 bits per heavy atom. The molecule has 0 aliphatic heterocycles. The molecule has 0 heterocycles. The molecule has 0 unspecified atom stereocenters. The molecule has 0 saturated heterocycles. The lowest BCUT2D eigenvalue weighted by molar-refractivity contribution is 0.0992. The second kappa shape index (κ2) is 5.24. The van der Waals surface area contributed by atoms with Gasteiger partial charge >= 0.3 is 0 Å². The third-order valence-electron chi connectivity index (χ3n) is 2.75. The largest absolute Gasteiger partial charge is 0.508 e. The van der Waals surface area contributed by atoms with Crippen molar-refractivity contribution < 1.29 is 23.1 Å². The predicted molar refractivity (Wildman–Crippen MR) is 67.2 cm³/mol. The Morgan fingerprint density at radius 2 is 1.70 bits per heavy atom. The van der Waals surface area contributed by atoms with Gasteiger partial charge in [0.15, 0.2) is 17.5 Å². The standard InChI is InChI=1S/C14H10F3NO2/c1-18(9-3-2-4-10(19)7-9)14(20)8-5-11(15)13(17)12(16)6-8/h2-7,19H,1H3. The molecule has 1 N–H and O–H groups in total. The highest BCUT2D eigenvalue weighted by molar-refractivity contribution is 6.05. The molecular formula is C14H10F3NO2. The number of nitrogens with zero attached hydrogens (tertiary/aromatic N) is 1. The zero-order valence-electron chi connectivity index (χ0n) is 10.4. The summed E-state index contributed by atoms with van der Waals surface area (Å²) in [5.74, 6) is -5.27. The number of rotatable bonds is 2.